The van der Waals surface area contributed by atoms with Gasteiger partial charge in [0.25, 0.3) is 0 Å². The molecule has 0 unspecified atom stereocenters. The molecule has 2 aromatic carbocycles. The predicted octanol–water partition coefficient (Wildman–Crippen LogP) is 9.42. The van der Waals surface area contributed by atoms with Crippen LogP contribution in [0.1, 0.15) is 127 Å². The van der Waals surface area contributed by atoms with Crippen molar-refractivity contribution in [3.8, 4) is 0 Å². The zero-order valence-corrected chi connectivity index (χ0v) is 21.9. The first-order valence-electron chi connectivity index (χ1n) is 14.4. The highest BCUT2D eigenvalue weighted by Crippen LogP contribution is 2.47. The average molecular weight is 463 g/mol. The predicted molar refractivity (Wildman–Crippen MR) is 150 cm³/mol. The van der Waals surface area contributed by atoms with E-state index in [4.69, 9.17) is 11.5 Å². The Labute approximate surface area is 209 Å². The van der Waals surface area contributed by atoms with E-state index in [1.54, 1.807) is 0 Å². The summed E-state index contributed by atoms with van der Waals surface area (Å²) >= 11 is 0. The van der Waals surface area contributed by atoms with Crippen molar-refractivity contribution in [1.29, 1.82) is 0 Å². The van der Waals surface area contributed by atoms with E-state index in [0.29, 0.717) is 0 Å². The molecule has 0 amide bonds. The molecule has 0 aromatic heterocycles. The molecule has 3 rings (SSSR count). The number of nitrogens with two attached hydrogens (primary N) is 2. The fourth-order valence-electron chi connectivity index (χ4n) is 6.08. The maximum atomic E-state index is 6.00. The zero-order valence-electron chi connectivity index (χ0n) is 21.9. The standard InChI is InChI=1S/C32H50N2/c1-2-3-4-5-6-7-8-9-10-11-12-13-14-27-23-25-32(26-24-27,28-15-19-30(33)20-16-28)29-17-21-31(34)22-18-29/h15-22,27H,2-14,23-26,33-34H2,1H3. The van der Waals surface area contributed by atoms with Gasteiger partial charge in [0.2, 0.25) is 0 Å². The number of rotatable bonds is 15. The first-order valence-corrected chi connectivity index (χ1v) is 14.4. The SMILES string of the molecule is CCCCCCCCCCCCCCC1CCC(c2ccc(N)cc2)(c2ccc(N)cc2)CC1. The first kappa shape index (κ1) is 26.6. The van der Waals surface area contributed by atoms with Crippen molar-refractivity contribution in [3.63, 3.8) is 0 Å². The van der Waals surface area contributed by atoms with Gasteiger partial charge in [0.1, 0.15) is 0 Å². The number of hydrogen-bond acceptors (Lipinski definition) is 2. The summed E-state index contributed by atoms with van der Waals surface area (Å²) in [4.78, 5) is 0. The maximum absolute atomic E-state index is 6.00. The number of hydrogen-bond donors (Lipinski definition) is 2. The van der Waals surface area contributed by atoms with Gasteiger partial charge in [0.05, 0.1) is 0 Å². The van der Waals surface area contributed by atoms with Gasteiger partial charge < -0.3 is 11.5 Å². The van der Waals surface area contributed by atoms with Crippen LogP contribution in [0.15, 0.2) is 48.5 Å². The summed E-state index contributed by atoms with van der Waals surface area (Å²) in [6.07, 6.45) is 23.7. The van der Waals surface area contributed by atoms with Gasteiger partial charge in [-0.2, -0.15) is 0 Å². The highest BCUT2D eigenvalue weighted by atomic mass is 14.5. The Morgan fingerprint density at radius 2 is 0.971 bits per heavy atom. The minimum Gasteiger partial charge on any atom is -0.399 e. The van der Waals surface area contributed by atoms with Crippen LogP contribution in [0.3, 0.4) is 0 Å². The Hall–Kier alpha value is -1.96. The van der Waals surface area contributed by atoms with E-state index in [9.17, 15) is 0 Å². The fourth-order valence-corrected chi connectivity index (χ4v) is 6.08. The second-order valence-corrected chi connectivity index (χ2v) is 10.9. The summed E-state index contributed by atoms with van der Waals surface area (Å²) in [5.74, 6) is 0.888. The second kappa shape index (κ2) is 14.4. The first-order chi connectivity index (χ1) is 16.6. The van der Waals surface area contributed by atoms with Crippen molar-refractivity contribution >= 4 is 11.4 Å². The van der Waals surface area contributed by atoms with Gasteiger partial charge in [-0.15, -0.1) is 0 Å². The van der Waals surface area contributed by atoms with Crippen molar-refractivity contribution in [2.45, 2.75) is 121 Å². The lowest BCUT2D eigenvalue weighted by atomic mass is 9.62. The van der Waals surface area contributed by atoms with E-state index in [1.807, 2.05) is 0 Å². The molecule has 188 valence electrons. The topological polar surface area (TPSA) is 52.0 Å². The Bertz CT molecular complexity index is 737. The molecule has 1 fully saturated rings. The molecule has 1 saturated carbocycles. The molecule has 0 bridgehead atoms. The van der Waals surface area contributed by atoms with Gasteiger partial charge in [-0.05, 0) is 67.0 Å². The van der Waals surface area contributed by atoms with E-state index in [2.05, 4.69) is 55.5 Å². The summed E-state index contributed by atoms with van der Waals surface area (Å²) in [5, 5.41) is 0. The molecule has 2 heteroatoms. The van der Waals surface area contributed by atoms with Crippen LogP contribution in [0.2, 0.25) is 0 Å². The molecule has 4 N–H and O–H groups in total. The molecule has 0 saturated heterocycles. The van der Waals surface area contributed by atoms with E-state index in [0.717, 1.165) is 17.3 Å². The van der Waals surface area contributed by atoms with Gasteiger partial charge in [-0.1, -0.05) is 115 Å². The fraction of sp³-hybridized carbons (Fsp3) is 0.625. The third-order valence-electron chi connectivity index (χ3n) is 8.35. The molecule has 0 atom stereocenters. The third kappa shape index (κ3) is 8.07. The minimum absolute atomic E-state index is 0.106. The van der Waals surface area contributed by atoms with Crippen LogP contribution in [0.4, 0.5) is 11.4 Å². The summed E-state index contributed by atoms with van der Waals surface area (Å²) in [5.41, 5.74) is 16.6. The molecule has 0 radical (unpaired) electrons. The van der Waals surface area contributed by atoms with E-state index in [-0.39, 0.29) is 5.41 Å². The van der Waals surface area contributed by atoms with Gasteiger partial charge in [-0.25, -0.2) is 0 Å². The number of benzene rings is 2. The van der Waals surface area contributed by atoms with Crippen LogP contribution in [0, 0.1) is 5.92 Å². The molecular weight excluding hydrogens is 412 g/mol. The summed E-state index contributed by atoms with van der Waals surface area (Å²) < 4.78 is 0. The van der Waals surface area contributed by atoms with Gasteiger partial charge in [-0.3, -0.25) is 0 Å². The van der Waals surface area contributed by atoms with Crippen LogP contribution >= 0.6 is 0 Å². The molecule has 34 heavy (non-hydrogen) atoms. The molecule has 0 spiro atoms. The quantitative estimate of drug-likeness (QED) is 0.204. The van der Waals surface area contributed by atoms with Crippen molar-refractivity contribution in [2.75, 3.05) is 11.5 Å². The highest BCUT2D eigenvalue weighted by molar-refractivity contribution is 5.49. The van der Waals surface area contributed by atoms with E-state index in [1.165, 1.54) is 120 Å². The Kier molecular flexibility index (Phi) is 11.3. The lowest BCUT2D eigenvalue weighted by Gasteiger charge is -2.41. The zero-order chi connectivity index (χ0) is 24.1. The molecule has 0 aliphatic heterocycles. The molecule has 0 heterocycles. The van der Waals surface area contributed by atoms with Crippen molar-refractivity contribution in [3.05, 3.63) is 59.7 Å². The average Bonchev–Trinajstić information content (AvgIpc) is 2.86. The highest BCUT2D eigenvalue weighted by Gasteiger charge is 2.38. The molecule has 2 aromatic rings. The lowest BCUT2D eigenvalue weighted by molar-refractivity contribution is 0.250. The number of nitrogen functional groups attached to an aromatic ring is 2. The monoisotopic (exact) mass is 462 g/mol. The van der Waals surface area contributed by atoms with Gasteiger partial charge in [0, 0.05) is 16.8 Å². The lowest BCUT2D eigenvalue weighted by Crippen LogP contribution is -2.33. The Balaban J connectivity index is 1.38. The minimum atomic E-state index is 0.106. The third-order valence-corrected chi connectivity index (χ3v) is 8.35. The largest absolute Gasteiger partial charge is 0.399 e. The number of anilines is 2. The summed E-state index contributed by atoms with van der Waals surface area (Å²) in [6.45, 7) is 2.30. The Morgan fingerprint density at radius 1 is 0.588 bits per heavy atom. The second-order valence-electron chi connectivity index (χ2n) is 10.9. The van der Waals surface area contributed by atoms with Crippen molar-refractivity contribution < 1.29 is 0 Å². The number of unbranched alkanes of at least 4 members (excludes halogenated alkanes) is 11. The molecule has 1 aliphatic rings. The van der Waals surface area contributed by atoms with Crippen molar-refractivity contribution in [2.24, 2.45) is 5.92 Å². The van der Waals surface area contributed by atoms with E-state index < -0.39 is 0 Å². The van der Waals surface area contributed by atoms with Crippen LogP contribution in [0.5, 0.6) is 0 Å². The van der Waals surface area contributed by atoms with Crippen molar-refractivity contribution in [1.82, 2.24) is 0 Å². The van der Waals surface area contributed by atoms with Gasteiger partial charge in [0.15, 0.2) is 0 Å². The summed E-state index contributed by atoms with van der Waals surface area (Å²) in [6, 6.07) is 17.2. The molecular formula is C32H50N2. The Morgan fingerprint density at radius 3 is 1.38 bits per heavy atom. The van der Waals surface area contributed by atoms with Crippen LogP contribution < -0.4 is 11.5 Å². The van der Waals surface area contributed by atoms with Crippen LogP contribution in [-0.4, -0.2) is 0 Å². The van der Waals surface area contributed by atoms with Crippen LogP contribution in [0.25, 0.3) is 0 Å². The van der Waals surface area contributed by atoms with Crippen LogP contribution in [-0.2, 0) is 5.41 Å². The van der Waals surface area contributed by atoms with Gasteiger partial charge >= 0.3 is 0 Å². The maximum Gasteiger partial charge on any atom is 0.0314 e. The van der Waals surface area contributed by atoms with E-state index >= 15 is 0 Å². The molecule has 1 aliphatic carbocycles. The normalized spacial score (nSPS) is 16.0. The molecule has 2 nitrogen and oxygen atoms in total. The smallest absolute Gasteiger partial charge is 0.0314 e. The summed E-state index contributed by atoms with van der Waals surface area (Å²) in [7, 11) is 0.